The lowest BCUT2D eigenvalue weighted by Crippen LogP contribution is -2.49. The zero-order chi connectivity index (χ0) is 21.8. The molecule has 9 nitrogen and oxygen atoms in total. The highest BCUT2D eigenvalue weighted by Gasteiger charge is 2.27. The van der Waals surface area contributed by atoms with E-state index in [4.69, 9.17) is 4.74 Å². The molecule has 32 heavy (non-hydrogen) atoms. The Bertz CT molecular complexity index is 889. The molecule has 0 N–H and O–H groups in total. The second-order valence-corrected chi connectivity index (χ2v) is 9.51. The van der Waals surface area contributed by atoms with Crippen LogP contribution in [0.15, 0.2) is 29.6 Å². The van der Waals surface area contributed by atoms with Crippen molar-refractivity contribution >= 4 is 29.4 Å². The van der Waals surface area contributed by atoms with Gasteiger partial charge in [0.05, 0.1) is 18.4 Å². The van der Waals surface area contributed by atoms with Crippen LogP contribution in [0.4, 0.5) is 11.8 Å². The molecule has 0 saturated carbocycles. The summed E-state index contributed by atoms with van der Waals surface area (Å²) in [6.07, 6.45) is 6.59. The third-order valence-electron chi connectivity index (χ3n) is 6.43. The zero-order valence-corrected chi connectivity index (χ0v) is 19.3. The molecule has 1 amide bonds. The van der Waals surface area contributed by atoms with Gasteiger partial charge in [0.15, 0.2) is 5.16 Å². The number of hydrogen-bond donors (Lipinski definition) is 0. The maximum atomic E-state index is 12.9. The molecule has 3 aliphatic rings. The number of carbonyl (C=O) groups is 1. The van der Waals surface area contributed by atoms with Gasteiger partial charge in [-0.25, -0.2) is 4.98 Å². The van der Waals surface area contributed by atoms with Crippen LogP contribution >= 0.6 is 11.8 Å². The second-order valence-electron chi connectivity index (χ2n) is 8.57. The van der Waals surface area contributed by atoms with Crippen LogP contribution in [0.5, 0.6) is 0 Å². The number of piperazine rings is 1. The molecule has 0 bridgehead atoms. The minimum absolute atomic E-state index is 0.157. The third kappa shape index (κ3) is 4.85. The molecular formula is C22H31N7O2S. The second kappa shape index (κ2) is 10.1. The number of nitrogens with zero attached hydrogens (tertiary/aromatic N) is 7. The highest BCUT2D eigenvalue weighted by Crippen LogP contribution is 2.27. The predicted molar refractivity (Wildman–Crippen MR) is 124 cm³/mol. The Labute approximate surface area is 193 Å². The fraction of sp³-hybridized carbons (Fsp3) is 0.636. The topological polar surface area (TPSA) is 79.6 Å². The summed E-state index contributed by atoms with van der Waals surface area (Å²) in [5.41, 5.74) is 0. The zero-order valence-electron chi connectivity index (χ0n) is 18.4. The molecule has 5 rings (SSSR count). The van der Waals surface area contributed by atoms with E-state index in [2.05, 4.69) is 29.5 Å². The van der Waals surface area contributed by atoms with Crippen LogP contribution in [-0.2, 0) is 16.1 Å². The number of anilines is 2. The van der Waals surface area contributed by atoms with Gasteiger partial charge in [0.25, 0.3) is 0 Å². The fourth-order valence-corrected chi connectivity index (χ4v) is 5.48. The average molecular weight is 458 g/mol. The van der Waals surface area contributed by atoms with Crippen molar-refractivity contribution in [1.82, 2.24) is 24.6 Å². The third-order valence-corrected chi connectivity index (χ3v) is 7.38. The highest BCUT2D eigenvalue weighted by molar-refractivity contribution is 7.99. The van der Waals surface area contributed by atoms with E-state index in [-0.39, 0.29) is 12.0 Å². The minimum atomic E-state index is 0.157. The molecule has 3 fully saturated rings. The first-order chi connectivity index (χ1) is 15.8. The van der Waals surface area contributed by atoms with E-state index in [1.165, 1.54) is 24.6 Å². The van der Waals surface area contributed by atoms with Gasteiger partial charge in [-0.2, -0.15) is 0 Å². The Hall–Kier alpha value is -2.33. The van der Waals surface area contributed by atoms with E-state index in [1.54, 1.807) is 0 Å². The summed E-state index contributed by atoms with van der Waals surface area (Å²) in [5.74, 6) is 2.44. The van der Waals surface area contributed by atoms with E-state index in [0.29, 0.717) is 5.75 Å². The Balaban J connectivity index is 1.19. The van der Waals surface area contributed by atoms with Crippen molar-refractivity contribution in [3.63, 3.8) is 0 Å². The molecule has 0 aliphatic carbocycles. The van der Waals surface area contributed by atoms with Gasteiger partial charge in [0.1, 0.15) is 5.82 Å². The van der Waals surface area contributed by atoms with Gasteiger partial charge in [0.2, 0.25) is 11.9 Å². The first-order valence-electron chi connectivity index (χ1n) is 11.6. The van der Waals surface area contributed by atoms with E-state index >= 15 is 0 Å². The number of amides is 1. The molecule has 0 aromatic carbocycles. The lowest BCUT2D eigenvalue weighted by Gasteiger charge is -2.35. The molecule has 2 aromatic heterocycles. The van der Waals surface area contributed by atoms with E-state index in [0.717, 1.165) is 82.2 Å². The Morgan fingerprint density at radius 2 is 1.88 bits per heavy atom. The first kappa shape index (κ1) is 21.5. The molecule has 0 unspecified atom stereocenters. The fourth-order valence-electron chi connectivity index (χ4n) is 4.63. The Morgan fingerprint density at radius 1 is 1.03 bits per heavy atom. The molecule has 172 valence electrons. The quantitative estimate of drug-likeness (QED) is 0.584. The number of carbonyl (C=O) groups excluding carboxylic acids is 1. The number of pyridine rings is 1. The molecule has 3 saturated heterocycles. The summed E-state index contributed by atoms with van der Waals surface area (Å²) in [5, 5.41) is 9.78. The number of aromatic nitrogens is 4. The number of ether oxygens (including phenoxy) is 1. The summed E-state index contributed by atoms with van der Waals surface area (Å²) in [6.45, 7) is 6.69. The van der Waals surface area contributed by atoms with Crippen LogP contribution in [-0.4, -0.2) is 88.3 Å². The van der Waals surface area contributed by atoms with Gasteiger partial charge in [-0.15, -0.1) is 10.2 Å². The van der Waals surface area contributed by atoms with Crippen LogP contribution < -0.4 is 9.80 Å². The van der Waals surface area contributed by atoms with E-state index in [1.807, 2.05) is 29.3 Å². The van der Waals surface area contributed by atoms with Gasteiger partial charge >= 0.3 is 0 Å². The Morgan fingerprint density at radius 3 is 2.59 bits per heavy atom. The SMILES string of the molecule is O=C(CSc1nnc(N2CCCC2)n1C[C@@H]1CCCO1)N1CCN(c2ccccn2)CC1. The lowest BCUT2D eigenvalue weighted by atomic mass is 10.2. The molecule has 2 aromatic rings. The smallest absolute Gasteiger partial charge is 0.233 e. The highest BCUT2D eigenvalue weighted by atomic mass is 32.2. The van der Waals surface area contributed by atoms with Crippen LogP contribution in [0.3, 0.4) is 0 Å². The molecule has 0 spiro atoms. The van der Waals surface area contributed by atoms with Crippen molar-refractivity contribution in [2.24, 2.45) is 0 Å². The number of hydrogen-bond acceptors (Lipinski definition) is 8. The van der Waals surface area contributed by atoms with E-state index in [9.17, 15) is 4.79 Å². The average Bonchev–Trinajstić information content (AvgIpc) is 3.61. The molecule has 0 radical (unpaired) electrons. The van der Waals surface area contributed by atoms with Crippen molar-refractivity contribution in [2.75, 3.05) is 61.4 Å². The van der Waals surface area contributed by atoms with Crippen LogP contribution in [0.2, 0.25) is 0 Å². The van der Waals surface area contributed by atoms with Crippen LogP contribution in [0, 0.1) is 0 Å². The monoisotopic (exact) mass is 457 g/mol. The molecular weight excluding hydrogens is 426 g/mol. The predicted octanol–water partition coefficient (Wildman–Crippen LogP) is 1.89. The summed E-state index contributed by atoms with van der Waals surface area (Å²) in [6, 6.07) is 5.94. The molecule has 10 heteroatoms. The van der Waals surface area contributed by atoms with Gasteiger partial charge < -0.3 is 19.4 Å². The van der Waals surface area contributed by atoms with Gasteiger partial charge in [-0.3, -0.25) is 9.36 Å². The number of rotatable bonds is 7. The van der Waals surface area contributed by atoms with Crippen molar-refractivity contribution < 1.29 is 9.53 Å². The van der Waals surface area contributed by atoms with Crippen molar-refractivity contribution in [1.29, 1.82) is 0 Å². The number of thioether (sulfide) groups is 1. The maximum absolute atomic E-state index is 12.9. The maximum Gasteiger partial charge on any atom is 0.233 e. The summed E-state index contributed by atoms with van der Waals surface area (Å²) in [4.78, 5) is 23.8. The van der Waals surface area contributed by atoms with E-state index < -0.39 is 0 Å². The van der Waals surface area contributed by atoms with Crippen molar-refractivity contribution in [2.45, 2.75) is 43.5 Å². The molecule has 3 aliphatic heterocycles. The van der Waals surface area contributed by atoms with Crippen LogP contribution in [0.25, 0.3) is 0 Å². The largest absolute Gasteiger partial charge is 0.376 e. The minimum Gasteiger partial charge on any atom is -0.376 e. The molecule has 1 atom stereocenters. The normalized spacial score (nSPS) is 21.5. The van der Waals surface area contributed by atoms with Gasteiger partial charge in [-0.05, 0) is 37.8 Å². The summed E-state index contributed by atoms with van der Waals surface area (Å²) >= 11 is 1.50. The van der Waals surface area contributed by atoms with Crippen molar-refractivity contribution in [3.05, 3.63) is 24.4 Å². The van der Waals surface area contributed by atoms with Crippen molar-refractivity contribution in [3.8, 4) is 0 Å². The van der Waals surface area contributed by atoms with Crippen LogP contribution in [0.1, 0.15) is 25.7 Å². The Kier molecular flexibility index (Phi) is 6.77. The standard InChI is InChI=1S/C22H31N7O2S/c30-20(27-13-11-26(12-14-27)19-7-1-2-8-23-19)17-32-22-25-24-21(28-9-3-4-10-28)29(22)16-18-6-5-15-31-18/h1-2,7-8,18H,3-6,9-17H2/t18-/m0/s1. The molecule has 5 heterocycles. The summed E-state index contributed by atoms with van der Waals surface area (Å²) < 4.78 is 8.06. The lowest BCUT2D eigenvalue weighted by molar-refractivity contribution is -0.128. The summed E-state index contributed by atoms with van der Waals surface area (Å²) in [7, 11) is 0. The first-order valence-corrected chi connectivity index (χ1v) is 12.6. The van der Waals surface area contributed by atoms with Gasteiger partial charge in [0, 0.05) is 52.1 Å². The van der Waals surface area contributed by atoms with Gasteiger partial charge in [-0.1, -0.05) is 17.8 Å².